The Morgan fingerprint density at radius 2 is 2.16 bits per heavy atom. The van der Waals surface area contributed by atoms with Crippen LogP contribution in [-0.4, -0.2) is 16.3 Å². The zero-order chi connectivity index (χ0) is 13.8. The molecule has 102 valence electrons. The zero-order valence-corrected chi connectivity index (χ0v) is 14.2. The van der Waals surface area contributed by atoms with Gasteiger partial charge in [0.15, 0.2) is 0 Å². The normalized spacial score (nSPS) is 12.6. The molecular formula is C14H17Br2N3. The van der Waals surface area contributed by atoms with Crippen molar-refractivity contribution in [3.05, 3.63) is 50.7 Å². The Balaban J connectivity index is 1.88. The lowest BCUT2D eigenvalue weighted by atomic mass is 10.1. The first-order chi connectivity index (χ1) is 9.06. The fraction of sp³-hybridized carbons (Fsp3) is 0.357. The third kappa shape index (κ3) is 4.16. The molecule has 1 unspecified atom stereocenters. The van der Waals surface area contributed by atoms with Crippen LogP contribution in [-0.2, 0) is 13.5 Å². The summed E-state index contributed by atoms with van der Waals surface area (Å²) in [5.74, 6) is 0. The summed E-state index contributed by atoms with van der Waals surface area (Å²) in [5.41, 5.74) is 2.53. The summed E-state index contributed by atoms with van der Waals surface area (Å²) >= 11 is 7.08. The van der Waals surface area contributed by atoms with Gasteiger partial charge in [-0.1, -0.05) is 37.9 Å². The molecule has 0 radical (unpaired) electrons. The topological polar surface area (TPSA) is 29.9 Å². The predicted molar refractivity (Wildman–Crippen MR) is 85.2 cm³/mol. The molecule has 0 aliphatic heterocycles. The Hall–Kier alpha value is -0.650. The molecule has 0 saturated heterocycles. The molecule has 1 N–H and O–H groups in total. The first-order valence-electron chi connectivity index (χ1n) is 6.22. The first-order valence-corrected chi connectivity index (χ1v) is 7.80. The van der Waals surface area contributed by atoms with Crippen LogP contribution >= 0.6 is 31.9 Å². The van der Waals surface area contributed by atoms with E-state index in [4.69, 9.17) is 0 Å². The molecular weight excluding hydrogens is 370 g/mol. The van der Waals surface area contributed by atoms with Crippen LogP contribution in [0.1, 0.15) is 24.1 Å². The molecule has 0 amide bonds. The standard InChI is InChI=1S/C14H17Br2N3/c1-10(13-4-3-12(15)7-14(13)16)17-6-5-11-8-18-19(2)9-11/h3-4,7-10,17H,5-6H2,1-2H3. The van der Waals surface area contributed by atoms with Gasteiger partial charge in [-0.2, -0.15) is 5.10 Å². The van der Waals surface area contributed by atoms with E-state index in [0.29, 0.717) is 6.04 Å². The highest BCUT2D eigenvalue weighted by Gasteiger charge is 2.09. The second kappa shape index (κ2) is 6.68. The lowest BCUT2D eigenvalue weighted by molar-refractivity contribution is 0.575. The molecule has 0 bridgehead atoms. The summed E-state index contributed by atoms with van der Waals surface area (Å²) in [7, 11) is 1.94. The summed E-state index contributed by atoms with van der Waals surface area (Å²) in [6.07, 6.45) is 4.97. The van der Waals surface area contributed by atoms with E-state index in [9.17, 15) is 0 Å². The van der Waals surface area contributed by atoms with E-state index in [1.807, 2.05) is 17.9 Å². The molecule has 1 heterocycles. The lowest BCUT2D eigenvalue weighted by Gasteiger charge is -2.15. The summed E-state index contributed by atoms with van der Waals surface area (Å²) in [6.45, 7) is 3.12. The van der Waals surface area contributed by atoms with Crippen LogP contribution in [0.2, 0.25) is 0 Å². The number of halogens is 2. The second-order valence-corrected chi connectivity index (χ2v) is 6.38. The summed E-state index contributed by atoms with van der Waals surface area (Å²) in [6, 6.07) is 6.60. The number of rotatable bonds is 5. The average molecular weight is 387 g/mol. The highest BCUT2D eigenvalue weighted by atomic mass is 79.9. The van der Waals surface area contributed by atoms with Crippen LogP contribution in [0.3, 0.4) is 0 Å². The van der Waals surface area contributed by atoms with Gasteiger partial charge in [-0.3, -0.25) is 4.68 Å². The van der Waals surface area contributed by atoms with E-state index in [1.165, 1.54) is 11.1 Å². The highest BCUT2D eigenvalue weighted by molar-refractivity contribution is 9.11. The smallest absolute Gasteiger partial charge is 0.0522 e. The van der Waals surface area contributed by atoms with Crippen molar-refractivity contribution in [1.82, 2.24) is 15.1 Å². The molecule has 1 aromatic heterocycles. The third-order valence-corrected chi connectivity index (χ3v) is 4.23. The second-order valence-electron chi connectivity index (χ2n) is 4.61. The van der Waals surface area contributed by atoms with Gasteiger partial charge < -0.3 is 5.32 Å². The van der Waals surface area contributed by atoms with E-state index in [-0.39, 0.29) is 0 Å². The molecule has 2 rings (SSSR count). The largest absolute Gasteiger partial charge is 0.310 e. The van der Waals surface area contributed by atoms with Crippen LogP contribution in [0, 0.1) is 0 Å². The highest BCUT2D eigenvalue weighted by Crippen LogP contribution is 2.26. The minimum atomic E-state index is 0.319. The minimum absolute atomic E-state index is 0.319. The maximum Gasteiger partial charge on any atom is 0.0522 e. The molecule has 3 nitrogen and oxygen atoms in total. The summed E-state index contributed by atoms with van der Waals surface area (Å²) < 4.78 is 4.05. The Labute approximate surface area is 130 Å². The number of nitrogens with zero attached hydrogens (tertiary/aromatic N) is 2. The summed E-state index contributed by atoms with van der Waals surface area (Å²) in [5, 5.41) is 7.71. The van der Waals surface area contributed by atoms with Crippen LogP contribution < -0.4 is 5.32 Å². The van der Waals surface area contributed by atoms with Gasteiger partial charge in [-0.25, -0.2) is 0 Å². The van der Waals surface area contributed by atoms with Gasteiger partial charge >= 0.3 is 0 Å². The maximum absolute atomic E-state index is 4.17. The van der Waals surface area contributed by atoms with Crippen LogP contribution in [0.25, 0.3) is 0 Å². The molecule has 5 heteroatoms. The van der Waals surface area contributed by atoms with E-state index in [0.717, 1.165) is 21.9 Å². The van der Waals surface area contributed by atoms with Gasteiger partial charge in [0.2, 0.25) is 0 Å². The van der Waals surface area contributed by atoms with Gasteiger partial charge in [-0.05, 0) is 43.1 Å². The first kappa shape index (κ1) is 14.8. The van der Waals surface area contributed by atoms with Crippen LogP contribution in [0.5, 0.6) is 0 Å². The molecule has 0 aliphatic carbocycles. The summed E-state index contributed by atoms with van der Waals surface area (Å²) in [4.78, 5) is 0. The van der Waals surface area contributed by atoms with E-state index >= 15 is 0 Å². The van der Waals surface area contributed by atoms with Crippen molar-refractivity contribution < 1.29 is 0 Å². The maximum atomic E-state index is 4.17. The third-order valence-electron chi connectivity index (χ3n) is 3.05. The molecule has 0 aliphatic rings. The molecule has 0 spiro atoms. The fourth-order valence-corrected chi connectivity index (χ4v) is 3.39. The molecule has 0 saturated carbocycles. The number of benzene rings is 1. The van der Waals surface area contributed by atoms with Crippen molar-refractivity contribution >= 4 is 31.9 Å². The van der Waals surface area contributed by atoms with E-state index in [1.54, 1.807) is 0 Å². The molecule has 1 aromatic carbocycles. The number of hydrogen-bond acceptors (Lipinski definition) is 2. The van der Waals surface area contributed by atoms with E-state index < -0.39 is 0 Å². The van der Waals surface area contributed by atoms with Crippen molar-refractivity contribution in [2.45, 2.75) is 19.4 Å². The van der Waals surface area contributed by atoms with E-state index in [2.05, 4.69) is 73.6 Å². The van der Waals surface area contributed by atoms with Crippen LogP contribution in [0.15, 0.2) is 39.5 Å². The molecule has 0 fully saturated rings. The van der Waals surface area contributed by atoms with Crippen molar-refractivity contribution in [2.75, 3.05) is 6.54 Å². The Morgan fingerprint density at radius 3 is 2.79 bits per heavy atom. The van der Waals surface area contributed by atoms with Crippen molar-refractivity contribution in [1.29, 1.82) is 0 Å². The van der Waals surface area contributed by atoms with Crippen molar-refractivity contribution in [3.63, 3.8) is 0 Å². The number of aromatic nitrogens is 2. The van der Waals surface area contributed by atoms with Gasteiger partial charge in [0.1, 0.15) is 0 Å². The Kier molecular flexibility index (Phi) is 5.19. The van der Waals surface area contributed by atoms with Crippen molar-refractivity contribution in [3.8, 4) is 0 Å². The Bertz CT molecular complexity index is 551. The SMILES string of the molecule is CC(NCCc1cnn(C)c1)c1ccc(Br)cc1Br. The van der Waals surface area contributed by atoms with Gasteiger partial charge in [0.05, 0.1) is 6.20 Å². The predicted octanol–water partition coefficient (Wildman–Crippen LogP) is 3.84. The molecule has 1 atom stereocenters. The van der Waals surface area contributed by atoms with Gasteiger partial charge in [-0.15, -0.1) is 0 Å². The van der Waals surface area contributed by atoms with Gasteiger partial charge in [0.25, 0.3) is 0 Å². The fourth-order valence-electron chi connectivity index (χ4n) is 2.00. The van der Waals surface area contributed by atoms with Crippen LogP contribution in [0.4, 0.5) is 0 Å². The number of hydrogen-bond donors (Lipinski definition) is 1. The molecule has 19 heavy (non-hydrogen) atoms. The number of aryl methyl sites for hydroxylation is 1. The number of nitrogens with one attached hydrogen (secondary N) is 1. The van der Waals surface area contributed by atoms with Crippen molar-refractivity contribution in [2.24, 2.45) is 7.05 Å². The van der Waals surface area contributed by atoms with Gasteiger partial charge in [0, 0.05) is 28.2 Å². The average Bonchev–Trinajstić information content (AvgIpc) is 2.75. The quantitative estimate of drug-likeness (QED) is 0.845. The lowest BCUT2D eigenvalue weighted by Crippen LogP contribution is -2.21. The minimum Gasteiger partial charge on any atom is -0.310 e. The Morgan fingerprint density at radius 1 is 1.37 bits per heavy atom. The monoisotopic (exact) mass is 385 g/mol. The molecule has 2 aromatic rings. The zero-order valence-electron chi connectivity index (χ0n) is 11.0.